The normalized spacial score (nSPS) is 14.6. The monoisotopic (exact) mass is 728 g/mol. The molecule has 0 aliphatic carbocycles. The minimum Gasteiger partial charge on any atom is -0.456 e. The maximum Gasteiger partial charge on any atom is 0.164 e. The molecule has 0 saturated carbocycles. The van der Waals surface area contributed by atoms with Gasteiger partial charge in [-0.3, -0.25) is 0 Å². The lowest BCUT2D eigenvalue weighted by atomic mass is 9.98. The van der Waals surface area contributed by atoms with Gasteiger partial charge < -0.3 is 8.98 Å². The van der Waals surface area contributed by atoms with Crippen LogP contribution in [0, 0.1) is 0 Å². The minimum atomic E-state index is -0.697. The fourth-order valence-corrected chi connectivity index (χ4v) is 7.09. The highest BCUT2D eigenvalue weighted by Crippen LogP contribution is 2.36. The van der Waals surface area contributed by atoms with Gasteiger partial charge in [0.15, 0.2) is 17.5 Å². The molecule has 5 heteroatoms. The third-order valence-corrected chi connectivity index (χ3v) is 9.82. The first-order chi connectivity index (χ1) is 32.7. The molecule has 8 aromatic carbocycles. The molecule has 0 aliphatic rings. The Morgan fingerprint density at radius 3 is 1.70 bits per heavy atom. The zero-order valence-electron chi connectivity index (χ0n) is 41.2. The van der Waals surface area contributed by atoms with Crippen molar-refractivity contribution in [1.29, 1.82) is 0 Å². The standard InChI is InChI=1S/C51H32N4O/c1-3-11-36(12-4-1)49-52-50(54-51(53-49)39-27-29-43-42-16-8-10-18-47(42)56-48(43)32-39)37-25-23-34(24-26-37)33-19-21-35(22-20-33)38-28-30-46-44(31-38)41-15-7-9-17-45(41)55(46)40-13-5-2-6-14-40/h1-32H/i2D,5D,6D,7D,9D,13D,14D,15D,17D,28D,30D,31D. The van der Waals surface area contributed by atoms with Gasteiger partial charge in [0.05, 0.1) is 27.5 Å². The van der Waals surface area contributed by atoms with Crippen molar-refractivity contribution in [2.45, 2.75) is 0 Å². The maximum absolute atomic E-state index is 9.52. The molecule has 0 aliphatic heterocycles. The zero-order chi connectivity index (χ0) is 47.4. The highest BCUT2D eigenvalue weighted by atomic mass is 16.3. The van der Waals surface area contributed by atoms with Crippen LogP contribution in [-0.2, 0) is 0 Å². The molecule has 11 rings (SSSR count). The smallest absolute Gasteiger partial charge is 0.164 e. The lowest BCUT2D eigenvalue weighted by Crippen LogP contribution is -2.00. The van der Waals surface area contributed by atoms with E-state index in [4.69, 9.17) is 31.7 Å². The van der Waals surface area contributed by atoms with Gasteiger partial charge in [-0.1, -0.05) is 145 Å². The first-order valence-corrected chi connectivity index (χ1v) is 17.8. The number of nitrogens with zero attached hydrogens (tertiary/aromatic N) is 4. The van der Waals surface area contributed by atoms with E-state index in [1.54, 1.807) is 12.1 Å². The van der Waals surface area contributed by atoms with Crippen LogP contribution in [-0.4, -0.2) is 19.5 Å². The number of furan rings is 1. The van der Waals surface area contributed by atoms with E-state index in [2.05, 4.69) is 0 Å². The van der Waals surface area contributed by atoms with E-state index < -0.39 is 72.2 Å². The summed E-state index contributed by atoms with van der Waals surface area (Å²) in [5.41, 5.74) is 4.85. The van der Waals surface area contributed by atoms with Crippen LogP contribution in [0.3, 0.4) is 0 Å². The highest BCUT2D eigenvalue weighted by Gasteiger charge is 2.16. The molecule has 0 fully saturated rings. The van der Waals surface area contributed by atoms with E-state index >= 15 is 0 Å². The second-order valence-corrected chi connectivity index (χ2v) is 13.1. The molecule has 0 bridgehead atoms. The van der Waals surface area contributed by atoms with E-state index in [1.807, 2.05) is 109 Å². The van der Waals surface area contributed by atoms with Crippen LogP contribution in [0.25, 0.3) is 106 Å². The predicted octanol–water partition coefficient (Wildman–Crippen LogP) is 13.2. The number of aromatic nitrogens is 4. The number of hydrogen-bond donors (Lipinski definition) is 0. The van der Waals surface area contributed by atoms with Crippen molar-refractivity contribution in [1.82, 2.24) is 19.5 Å². The van der Waals surface area contributed by atoms with E-state index in [-0.39, 0.29) is 33.4 Å². The summed E-state index contributed by atoms with van der Waals surface area (Å²) in [6.45, 7) is 0. The second-order valence-electron chi connectivity index (χ2n) is 13.1. The van der Waals surface area contributed by atoms with Gasteiger partial charge >= 0.3 is 0 Å². The molecule has 0 spiro atoms. The number of hydrogen-bond acceptors (Lipinski definition) is 4. The highest BCUT2D eigenvalue weighted by molar-refractivity contribution is 6.10. The zero-order valence-corrected chi connectivity index (χ0v) is 29.2. The third-order valence-electron chi connectivity index (χ3n) is 9.82. The van der Waals surface area contributed by atoms with Crippen LogP contribution in [0.1, 0.15) is 16.4 Å². The molecular weight excluding hydrogens is 685 g/mol. The van der Waals surface area contributed by atoms with Gasteiger partial charge in [0.1, 0.15) is 11.2 Å². The first kappa shape index (κ1) is 21.9. The first-order valence-electron chi connectivity index (χ1n) is 23.8. The fourth-order valence-electron chi connectivity index (χ4n) is 7.09. The predicted molar refractivity (Wildman–Crippen MR) is 229 cm³/mol. The summed E-state index contributed by atoms with van der Waals surface area (Å²) < 4.78 is 112. The quantitative estimate of drug-likeness (QED) is 0.171. The van der Waals surface area contributed by atoms with Crippen molar-refractivity contribution in [2.75, 3.05) is 0 Å². The van der Waals surface area contributed by atoms with Crippen molar-refractivity contribution < 1.29 is 20.9 Å². The summed E-state index contributed by atoms with van der Waals surface area (Å²) in [5, 5.41) is 1.71. The summed E-state index contributed by atoms with van der Waals surface area (Å²) in [6.07, 6.45) is 0. The largest absolute Gasteiger partial charge is 0.456 e. The molecule has 0 atom stereocenters. The Bertz CT molecular complexity index is 3900. The van der Waals surface area contributed by atoms with E-state index in [0.717, 1.165) is 54.3 Å². The van der Waals surface area contributed by atoms with Crippen LogP contribution in [0.4, 0.5) is 0 Å². The Morgan fingerprint density at radius 2 is 0.946 bits per heavy atom. The van der Waals surface area contributed by atoms with Crippen LogP contribution in [0.2, 0.25) is 0 Å². The van der Waals surface area contributed by atoms with Crippen molar-refractivity contribution in [3.05, 3.63) is 194 Å². The Labute approximate surface area is 339 Å². The third kappa shape index (κ3) is 5.45. The minimum absolute atomic E-state index is 0.0104. The summed E-state index contributed by atoms with van der Waals surface area (Å²) in [6, 6.07) is 31.1. The van der Waals surface area contributed by atoms with Gasteiger partial charge in [0, 0.05) is 43.9 Å². The Morgan fingerprint density at radius 1 is 0.393 bits per heavy atom. The van der Waals surface area contributed by atoms with Gasteiger partial charge in [-0.25, -0.2) is 15.0 Å². The Hall–Kier alpha value is -7.63. The molecular formula is C51H32N4O. The number of rotatable bonds is 6. The molecule has 3 heterocycles. The van der Waals surface area contributed by atoms with Crippen molar-refractivity contribution in [2.24, 2.45) is 0 Å². The maximum atomic E-state index is 9.52. The Kier molecular flexibility index (Phi) is 5.10. The van der Waals surface area contributed by atoms with Crippen LogP contribution in [0.15, 0.2) is 198 Å². The molecule has 0 N–H and O–H groups in total. The average molecular weight is 729 g/mol. The van der Waals surface area contributed by atoms with E-state index in [0.29, 0.717) is 23.0 Å². The molecule has 262 valence electrons. The fraction of sp³-hybridized carbons (Fsp3) is 0. The van der Waals surface area contributed by atoms with Crippen LogP contribution < -0.4 is 0 Å². The van der Waals surface area contributed by atoms with E-state index in [1.165, 1.54) is 0 Å². The van der Waals surface area contributed by atoms with Crippen molar-refractivity contribution in [3.63, 3.8) is 0 Å². The van der Waals surface area contributed by atoms with Crippen LogP contribution >= 0.6 is 0 Å². The number of para-hydroxylation sites is 3. The van der Waals surface area contributed by atoms with Gasteiger partial charge in [0.25, 0.3) is 0 Å². The topological polar surface area (TPSA) is 56.7 Å². The molecule has 3 aromatic heterocycles. The molecule has 0 radical (unpaired) electrons. The molecule has 0 amide bonds. The average Bonchev–Trinajstić information content (AvgIpc) is 3.93. The van der Waals surface area contributed by atoms with Crippen LogP contribution in [0.5, 0.6) is 0 Å². The molecule has 0 saturated heterocycles. The summed E-state index contributed by atoms with van der Waals surface area (Å²) in [5.74, 6) is 1.45. The summed E-state index contributed by atoms with van der Waals surface area (Å²) >= 11 is 0. The van der Waals surface area contributed by atoms with Gasteiger partial charge in [0.2, 0.25) is 0 Å². The summed E-state index contributed by atoms with van der Waals surface area (Å²) in [7, 11) is 0. The van der Waals surface area contributed by atoms with Gasteiger partial charge in [-0.2, -0.15) is 0 Å². The molecule has 0 unspecified atom stereocenters. The summed E-state index contributed by atoms with van der Waals surface area (Å²) in [4.78, 5) is 14.7. The lowest BCUT2D eigenvalue weighted by molar-refractivity contribution is 0.669. The molecule has 11 aromatic rings. The van der Waals surface area contributed by atoms with Gasteiger partial charge in [-0.15, -0.1) is 0 Å². The van der Waals surface area contributed by atoms with Crippen molar-refractivity contribution >= 4 is 43.7 Å². The molecule has 56 heavy (non-hydrogen) atoms. The van der Waals surface area contributed by atoms with Crippen molar-refractivity contribution in [3.8, 4) is 62.1 Å². The number of fused-ring (bicyclic) bond motifs is 6. The number of benzene rings is 8. The van der Waals surface area contributed by atoms with Gasteiger partial charge in [-0.05, 0) is 70.7 Å². The Balaban J connectivity index is 0.994. The SMILES string of the molecule is [2H]c1c([2H])c([2H])c(-n2c3c([2H])c([2H])c([2H])c([2H])c3c3c([2H])c(-c4ccc(-c5ccc(-c6nc(-c7ccccc7)nc(-c7ccc8c(c7)oc7ccccc78)n6)cc5)cc4)c([2H])c([2H])c32)c([2H])c1[2H]. The van der Waals surface area contributed by atoms with E-state index in [9.17, 15) is 4.11 Å². The second kappa shape index (κ2) is 13.0. The lowest BCUT2D eigenvalue weighted by Gasteiger charge is -2.10. The molecule has 5 nitrogen and oxygen atoms in total.